The van der Waals surface area contributed by atoms with E-state index in [-0.39, 0.29) is 24.2 Å². The molecule has 0 unspecified atom stereocenters. The summed E-state index contributed by atoms with van der Waals surface area (Å²) in [6.07, 6.45) is 0.762. The molecule has 2 rings (SSSR count). The van der Waals surface area contributed by atoms with Gasteiger partial charge in [-0.3, -0.25) is 9.59 Å². The van der Waals surface area contributed by atoms with Crippen molar-refractivity contribution in [2.24, 2.45) is 5.73 Å². The number of halogens is 2. The van der Waals surface area contributed by atoms with Crippen LogP contribution in [0.25, 0.3) is 0 Å². The third-order valence-electron chi connectivity index (χ3n) is 3.58. The predicted octanol–water partition coefficient (Wildman–Crippen LogP) is 1.78. The van der Waals surface area contributed by atoms with E-state index in [1.54, 1.807) is 41.0 Å². The van der Waals surface area contributed by atoms with Crippen molar-refractivity contribution < 1.29 is 9.59 Å². The van der Waals surface area contributed by atoms with Gasteiger partial charge in [-0.2, -0.15) is 0 Å². The Balaban J connectivity index is 0.00000242. The second kappa shape index (κ2) is 8.36. The lowest BCUT2D eigenvalue weighted by Gasteiger charge is -2.23. The van der Waals surface area contributed by atoms with E-state index in [2.05, 4.69) is 0 Å². The van der Waals surface area contributed by atoms with Crippen LogP contribution >= 0.6 is 24.0 Å². The Morgan fingerprint density at radius 3 is 2.23 bits per heavy atom. The van der Waals surface area contributed by atoms with E-state index >= 15 is 0 Å². The molecule has 0 spiro atoms. The standard InChI is InChI=1S/C15H20ClN3O2.ClH/c1-11(17)14(20)18-7-2-8-19(10-9-18)15(21)12-3-5-13(16)6-4-12;/h3-6,11H,2,7-10,17H2,1H3;1H/t11-;/m0./s1. The third kappa shape index (κ3) is 4.60. The molecule has 1 aliphatic rings. The molecule has 1 heterocycles. The summed E-state index contributed by atoms with van der Waals surface area (Å²) in [4.78, 5) is 27.9. The van der Waals surface area contributed by atoms with Gasteiger partial charge in [-0.15, -0.1) is 12.4 Å². The number of carbonyl (C=O) groups is 2. The predicted molar refractivity (Wildman–Crippen MR) is 89.4 cm³/mol. The first-order valence-electron chi connectivity index (χ1n) is 7.08. The van der Waals surface area contributed by atoms with E-state index in [0.29, 0.717) is 36.8 Å². The topological polar surface area (TPSA) is 66.6 Å². The highest BCUT2D eigenvalue weighted by molar-refractivity contribution is 6.30. The van der Waals surface area contributed by atoms with Crippen molar-refractivity contribution in [1.29, 1.82) is 0 Å². The van der Waals surface area contributed by atoms with Crippen LogP contribution in [0.15, 0.2) is 24.3 Å². The summed E-state index contributed by atoms with van der Waals surface area (Å²) >= 11 is 5.83. The Hall–Kier alpha value is -1.30. The van der Waals surface area contributed by atoms with Crippen LogP contribution in [-0.2, 0) is 4.79 Å². The molecule has 122 valence electrons. The number of carbonyl (C=O) groups excluding carboxylic acids is 2. The van der Waals surface area contributed by atoms with Gasteiger partial charge in [0.15, 0.2) is 0 Å². The number of nitrogens with two attached hydrogens (primary N) is 1. The molecule has 2 N–H and O–H groups in total. The van der Waals surface area contributed by atoms with Crippen molar-refractivity contribution in [1.82, 2.24) is 9.80 Å². The molecule has 22 heavy (non-hydrogen) atoms. The van der Waals surface area contributed by atoms with Crippen LogP contribution in [0.2, 0.25) is 5.02 Å². The summed E-state index contributed by atoms with van der Waals surface area (Å²) in [6, 6.07) is 6.36. The summed E-state index contributed by atoms with van der Waals surface area (Å²) in [5.74, 6) is -0.0856. The zero-order valence-electron chi connectivity index (χ0n) is 12.5. The average Bonchev–Trinajstić information content (AvgIpc) is 2.72. The van der Waals surface area contributed by atoms with Crippen molar-refractivity contribution in [2.75, 3.05) is 26.2 Å². The van der Waals surface area contributed by atoms with E-state index in [0.717, 1.165) is 6.42 Å². The lowest BCUT2D eigenvalue weighted by Crippen LogP contribution is -2.44. The largest absolute Gasteiger partial charge is 0.340 e. The van der Waals surface area contributed by atoms with E-state index < -0.39 is 6.04 Å². The lowest BCUT2D eigenvalue weighted by atomic mass is 10.2. The Labute approximate surface area is 141 Å². The van der Waals surface area contributed by atoms with Crippen molar-refractivity contribution in [2.45, 2.75) is 19.4 Å². The molecule has 1 fully saturated rings. The van der Waals surface area contributed by atoms with Gasteiger partial charge in [-0.25, -0.2) is 0 Å². The van der Waals surface area contributed by atoms with E-state index in [4.69, 9.17) is 17.3 Å². The van der Waals surface area contributed by atoms with E-state index in [9.17, 15) is 9.59 Å². The minimum atomic E-state index is -0.497. The van der Waals surface area contributed by atoms with Crippen LogP contribution in [0.1, 0.15) is 23.7 Å². The Bertz CT molecular complexity index is 520. The normalized spacial score (nSPS) is 16.5. The second-order valence-electron chi connectivity index (χ2n) is 5.27. The van der Waals surface area contributed by atoms with Crippen LogP contribution in [0.4, 0.5) is 0 Å². The molecule has 0 aromatic heterocycles. The summed E-state index contributed by atoms with van der Waals surface area (Å²) in [7, 11) is 0. The molecular formula is C15H21Cl2N3O2. The van der Waals surface area contributed by atoms with Gasteiger partial charge < -0.3 is 15.5 Å². The highest BCUT2D eigenvalue weighted by Gasteiger charge is 2.24. The molecule has 7 heteroatoms. The Morgan fingerprint density at radius 1 is 1.09 bits per heavy atom. The van der Waals surface area contributed by atoms with Crippen LogP contribution in [0.3, 0.4) is 0 Å². The van der Waals surface area contributed by atoms with Gasteiger partial charge >= 0.3 is 0 Å². The first-order valence-corrected chi connectivity index (χ1v) is 7.46. The lowest BCUT2D eigenvalue weighted by molar-refractivity contribution is -0.132. The van der Waals surface area contributed by atoms with E-state index in [1.807, 2.05) is 0 Å². The maximum atomic E-state index is 12.4. The smallest absolute Gasteiger partial charge is 0.253 e. The van der Waals surface area contributed by atoms with Crippen molar-refractivity contribution in [3.05, 3.63) is 34.9 Å². The highest BCUT2D eigenvalue weighted by atomic mass is 35.5. The van der Waals surface area contributed by atoms with Crippen LogP contribution in [0.5, 0.6) is 0 Å². The Morgan fingerprint density at radius 2 is 1.64 bits per heavy atom. The summed E-state index contributed by atoms with van der Waals surface area (Å²) in [6.45, 7) is 4.03. The molecule has 1 aromatic rings. The zero-order chi connectivity index (χ0) is 15.4. The van der Waals surface area contributed by atoms with Gasteiger partial charge in [0.05, 0.1) is 6.04 Å². The summed E-state index contributed by atoms with van der Waals surface area (Å²) < 4.78 is 0. The minimum absolute atomic E-state index is 0. The number of hydrogen-bond acceptors (Lipinski definition) is 3. The van der Waals surface area contributed by atoms with Crippen molar-refractivity contribution in [3.8, 4) is 0 Å². The molecule has 5 nitrogen and oxygen atoms in total. The minimum Gasteiger partial charge on any atom is -0.340 e. The highest BCUT2D eigenvalue weighted by Crippen LogP contribution is 2.13. The maximum Gasteiger partial charge on any atom is 0.253 e. The number of hydrogen-bond donors (Lipinski definition) is 1. The third-order valence-corrected chi connectivity index (χ3v) is 3.83. The molecular weight excluding hydrogens is 325 g/mol. The van der Waals surface area contributed by atoms with Gasteiger partial charge in [0.1, 0.15) is 0 Å². The molecule has 1 saturated heterocycles. The first kappa shape index (κ1) is 18.7. The summed E-state index contributed by atoms with van der Waals surface area (Å²) in [5, 5.41) is 0.608. The van der Waals surface area contributed by atoms with Gasteiger partial charge in [-0.1, -0.05) is 11.6 Å². The molecule has 1 aliphatic heterocycles. The summed E-state index contributed by atoms with van der Waals surface area (Å²) in [5.41, 5.74) is 6.25. The monoisotopic (exact) mass is 345 g/mol. The van der Waals surface area contributed by atoms with Crippen molar-refractivity contribution in [3.63, 3.8) is 0 Å². The number of nitrogens with zero attached hydrogens (tertiary/aromatic N) is 2. The first-order chi connectivity index (χ1) is 9.99. The average molecular weight is 346 g/mol. The van der Waals surface area contributed by atoms with Crippen LogP contribution < -0.4 is 5.73 Å². The van der Waals surface area contributed by atoms with E-state index in [1.165, 1.54) is 0 Å². The quantitative estimate of drug-likeness (QED) is 0.888. The van der Waals surface area contributed by atoms with Crippen molar-refractivity contribution >= 4 is 35.8 Å². The van der Waals surface area contributed by atoms with Crippen LogP contribution in [0, 0.1) is 0 Å². The van der Waals surface area contributed by atoms with Gasteiger partial charge in [0.25, 0.3) is 5.91 Å². The fraction of sp³-hybridized carbons (Fsp3) is 0.467. The number of benzene rings is 1. The Kier molecular flexibility index (Phi) is 7.13. The van der Waals surface area contributed by atoms with Gasteiger partial charge in [-0.05, 0) is 37.6 Å². The second-order valence-corrected chi connectivity index (χ2v) is 5.70. The zero-order valence-corrected chi connectivity index (χ0v) is 14.1. The van der Waals surface area contributed by atoms with Crippen LogP contribution in [-0.4, -0.2) is 53.8 Å². The number of rotatable bonds is 2. The maximum absolute atomic E-state index is 12.4. The fourth-order valence-corrected chi connectivity index (χ4v) is 2.53. The fourth-order valence-electron chi connectivity index (χ4n) is 2.40. The molecule has 0 saturated carbocycles. The van der Waals surface area contributed by atoms with Gasteiger partial charge in [0.2, 0.25) is 5.91 Å². The molecule has 1 atom stereocenters. The number of amides is 2. The van der Waals surface area contributed by atoms with Gasteiger partial charge in [0, 0.05) is 36.8 Å². The molecule has 1 aromatic carbocycles. The molecule has 0 radical (unpaired) electrons. The molecule has 0 bridgehead atoms. The molecule has 2 amide bonds. The molecule has 0 aliphatic carbocycles. The SMILES string of the molecule is C[C@H](N)C(=O)N1CCCN(C(=O)c2ccc(Cl)cc2)CC1.Cl.